The molecule has 0 bridgehead atoms. The largest absolute Gasteiger partial charge is 0.459 e. The molecule has 8 heteroatoms. The van der Waals surface area contributed by atoms with Gasteiger partial charge in [-0.15, -0.1) is 0 Å². The van der Waals surface area contributed by atoms with Gasteiger partial charge in [-0.25, -0.2) is 14.4 Å². The topological polar surface area (TPSA) is 91.4 Å². The van der Waals surface area contributed by atoms with E-state index in [2.05, 4.69) is 0 Å². The highest BCUT2D eigenvalue weighted by Crippen LogP contribution is 2.24. The number of benzene rings is 2. The van der Waals surface area contributed by atoms with Crippen LogP contribution in [0.1, 0.15) is 38.3 Å². The molecule has 1 aliphatic rings. The number of hydrogen-bond donors (Lipinski definition) is 0. The lowest BCUT2D eigenvalue weighted by molar-refractivity contribution is -0.162. The summed E-state index contributed by atoms with van der Waals surface area (Å²) in [6.45, 7) is 5.29. The zero-order valence-corrected chi connectivity index (χ0v) is 19.8. The Balaban J connectivity index is 1.61. The molecule has 2 aromatic carbocycles. The van der Waals surface area contributed by atoms with Gasteiger partial charge in [0.2, 0.25) is 0 Å². The van der Waals surface area contributed by atoms with Gasteiger partial charge < -0.3 is 18.9 Å². The average Bonchev–Trinajstić information content (AvgIpc) is 3.24. The van der Waals surface area contributed by atoms with Gasteiger partial charge in [-0.05, 0) is 31.9 Å². The molecule has 1 saturated heterocycles. The highest BCUT2D eigenvalue weighted by molar-refractivity contribution is 5.82. The van der Waals surface area contributed by atoms with Gasteiger partial charge in [0.05, 0.1) is 12.6 Å². The van der Waals surface area contributed by atoms with Crippen LogP contribution in [0.3, 0.4) is 0 Å². The van der Waals surface area contributed by atoms with Crippen LogP contribution < -0.4 is 0 Å². The second-order valence-electron chi connectivity index (χ2n) is 9.06. The van der Waals surface area contributed by atoms with Gasteiger partial charge in [0, 0.05) is 6.42 Å². The quantitative estimate of drug-likeness (QED) is 0.428. The highest BCUT2D eigenvalue weighted by atomic mass is 16.6. The molecule has 1 fully saturated rings. The standard InChI is InChI=1S/C26H31NO7/c1-26(2,3)34-23(28)18-31-21-14-22(24(29)32-16-19-10-6-4-7-11-19)27(15-21)25(30)33-17-20-12-8-5-9-13-20/h4-13,21-22H,14-18H2,1-3H3/t21-,22+/m1/s1. The minimum absolute atomic E-state index is 0.0748. The fraction of sp³-hybridized carbons (Fsp3) is 0.423. The van der Waals surface area contributed by atoms with Crippen molar-refractivity contribution in [3.63, 3.8) is 0 Å². The lowest BCUT2D eigenvalue weighted by Crippen LogP contribution is -2.41. The Morgan fingerprint density at radius 1 is 0.882 bits per heavy atom. The van der Waals surface area contributed by atoms with E-state index in [0.717, 1.165) is 11.1 Å². The van der Waals surface area contributed by atoms with Crippen molar-refractivity contribution in [1.29, 1.82) is 0 Å². The molecule has 3 rings (SSSR count). The third-order valence-electron chi connectivity index (χ3n) is 5.06. The molecule has 0 N–H and O–H groups in total. The summed E-state index contributed by atoms with van der Waals surface area (Å²) in [4.78, 5) is 39.0. The summed E-state index contributed by atoms with van der Waals surface area (Å²) in [5, 5.41) is 0. The van der Waals surface area contributed by atoms with E-state index in [-0.39, 0.29) is 32.8 Å². The van der Waals surface area contributed by atoms with Crippen molar-refractivity contribution in [2.24, 2.45) is 0 Å². The maximum atomic E-state index is 12.9. The van der Waals surface area contributed by atoms with E-state index in [1.54, 1.807) is 20.8 Å². The van der Waals surface area contributed by atoms with E-state index in [4.69, 9.17) is 18.9 Å². The predicted molar refractivity (Wildman–Crippen MR) is 124 cm³/mol. The molecule has 0 unspecified atom stereocenters. The van der Waals surface area contributed by atoms with Gasteiger partial charge in [0.15, 0.2) is 0 Å². The van der Waals surface area contributed by atoms with Crippen molar-refractivity contribution >= 4 is 18.0 Å². The molecule has 1 aliphatic heterocycles. The van der Waals surface area contributed by atoms with Crippen LogP contribution in [0.2, 0.25) is 0 Å². The SMILES string of the molecule is CC(C)(C)OC(=O)CO[C@@H]1C[C@@H](C(=O)OCc2ccccc2)N(C(=O)OCc2ccccc2)C1. The smallest absolute Gasteiger partial charge is 0.410 e. The Kier molecular flexibility index (Phi) is 8.65. The van der Waals surface area contributed by atoms with Crippen molar-refractivity contribution < 1.29 is 33.3 Å². The molecule has 1 amide bonds. The summed E-state index contributed by atoms with van der Waals surface area (Å²) in [6, 6.07) is 17.7. The molecule has 0 saturated carbocycles. The van der Waals surface area contributed by atoms with E-state index in [9.17, 15) is 14.4 Å². The van der Waals surface area contributed by atoms with E-state index in [0.29, 0.717) is 0 Å². The summed E-state index contributed by atoms with van der Waals surface area (Å²) in [5.41, 5.74) is 1.04. The molecule has 8 nitrogen and oxygen atoms in total. The second-order valence-corrected chi connectivity index (χ2v) is 9.06. The van der Waals surface area contributed by atoms with Gasteiger partial charge in [-0.3, -0.25) is 4.90 Å². The molecule has 182 valence electrons. The molecule has 0 radical (unpaired) electrons. The van der Waals surface area contributed by atoms with Gasteiger partial charge in [0.25, 0.3) is 0 Å². The number of ether oxygens (including phenoxy) is 4. The summed E-state index contributed by atoms with van der Waals surface area (Å²) in [5.74, 6) is -1.07. The molecule has 2 atom stereocenters. The van der Waals surface area contributed by atoms with E-state index < -0.39 is 35.8 Å². The Bertz CT molecular complexity index is 893. The van der Waals surface area contributed by atoms with Crippen molar-refractivity contribution in [3.8, 4) is 0 Å². The normalized spacial score (nSPS) is 17.8. The Hall–Kier alpha value is -3.39. The minimum atomic E-state index is -0.879. The van der Waals surface area contributed by atoms with E-state index in [1.807, 2.05) is 60.7 Å². The second kappa shape index (κ2) is 11.7. The van der Waals surface area contributed by atoms with Crippen LogP contribution in [0.25, 0.3) is 0 Å². The van der Waals surface area contributed by atoms with Crippen molar-refractivity contribution in [2.75, 3.05) is 13.2 Å². The minimum Gasteiger partial charge on any atom is -0.459 e. The summed E-state index contributed by atoms with van der Waals surface area (Å²) >= 11 is 0. The number of likely N-dealkylation sites (tertiary alicyclic amines) is 1. The lowest BCUT2D eigenvalue weighted by atomic mass is 10.2. The molecule has 34 heavy (non-hydrogen) atoms. The van der Waals surface area contributed by atoms with Crippen molar-refractivity contribution in [2.45, 2.75) is 58.2 Å². The fourth-order valence-corrected chi connectivity index (χ4v) is 3.53. The average molecular weight is 470 g/mol. The first-order valence-electron chi connectivity index (χ1n) is 11.2. The highest BCUT2D eigenvalue weighted by Gasteiger charge is 2.42. The van der Waals surface area contributed by atoms with Crippen LogP contribution in [0.4, 0.5) is 4.79 Å². The van der Waals surface area contributed by atoms with Crippen molar-refractivity contribution in [3.05, 3.63) is 71.8 Å². The fourth-order valence-electron chi connectivity index (χ4n) is 3.53. The van der Waals surface area contributed by atoms with Gasteiger partial charge in [0.1, 0.15) is 31.5 Å². The monoisotopic (exact) mass is 469 g/mol. The van der Waals surface area contributed by atoms with Gasteiger partial charge >= 0.3 is 18.0 Å². The maximum absolute atomic E-state index is 12.9. The molecule has 0 spiro atoms. The third-order valence-corrected chi connectivity index (χ3v) is 5.06. The van der Waals surface area contributed by atoms with Crippen molar-refractivity contribution in [1.82, 2.24) is 4.90 Å². The molecular weight excluding hydrogens is 438 g/mol. The molecule has 2 aromatic rings. The molecule has 0 aliphatic carbocycles. The van der Waals surface area contributed by atoms with Crippen LogP contribution >= 0.6 is 0 Å². The van der Waals surface area contributed by atoms with Gasteiger partial charge in [-0.1, -0.05) is 60.7 Å². The van der Waals surface area contributed by atoms with Crippen LogP contribution in [0.15, 0.2) is 60.7 Å². The molecule has 0 aromatic heterocycles. The number of carbonyl (C=O) groups excluding carboxylic acids is 3. The number of esters is 2. The summed E-state index contributed by atoms with van der Waals surface area (Å²) in [6.07, 6.45) is -0.989. The van der Waals surface area contributed by atoms with Crippen LogP contribution in [0, 0.1) is 0 Å². The number of nitrogens with zero attached hydrogens (tertiary/aromatic N) is 1. The van der Waals surface area contributed by atoms with Gasteiger partial charge in [-0.2, -0.15) is 0 Å². The predicted octanol–water partition coefficient (Wildman–Crippen LogP) is 3.87. The first kappa shape index (κ1) is 25.2. The Morgan fingerprint density at radius 3 is 2.00 bits per heavy atom. The summed E-state index contributed by atoms with van der Waals surface area (Å²) < 4.78 is 21.8. The maximum Gasteiger partial charge on any atom is 0.410 e. The zero-order chi connectivity index (χ0) is 24.6. The van der Waals surface area contributed by atoms with Crippen LogP contribution in [-0.2, 0) is 41.8 Å². The first-order valence-corrected chi connectivity index (χ1v) is 11.2. The molecular formula is C26H31NO7. The lowest BCUT2D eigenvalue weighted by Gasteiger charge is -2.22. The Morgan fingerprint density at radius 2 is 1.44 bits per heavy atom. The molecule has 1 heterocycles. The zero-order valence-electron chi connectivity index (χ0n) is 19.8. The van der Waals surface area contributed by atoms with E-state index in [1.165, 1.54) is 4.90 Å². The third kappa shape index (κ3) is 7.88. The Labute approximate surface area is 199 Å². The summed E-state index contributed by atoms with van der Waals surface area (Å²) in [7, 11) is 0. The van der Waals surface area contributed by atoms with E-state index >= 15 is 0 Å². The van der Waals surface area contributed by atoms with Crippen LogP contribution in [0.5, 0.6) is 0 Å². The number of carbonyl (C=O) groups is 3. The number of amides is 1. The first-order chi connectivity index (χ1) is 16.2. The van der Waals surface area contributed by atoms with Crippen LogP contribution in [-0.4, -0.2) is 53.8 Å². The number of rotatable bonds is 8. The number of hydrogen-bond acceptors (Lipinski definition) is 7.